The Bertz CT molecular complexity index is 2020. The number of nitrogens with zero attached hydrogens (tertiary/aromatic N) is 5. The molecule has 0 spiro atoms. The maximum atomic E-state index is 13.0. The second-order valence-corrected chi connectivity index (χ2v) is 11.7. The molecule has 0 aliphatic rings. The van der Waals surface area contributed by atoms with Crippen LogP contribution in [0.25, 0.3) is 11.6 Å². The molecule has 0 amide bonds. The summed E-state index contributed by atoms with van der Waals surface area (Å²) in [6.45, 7) is 12.2. The maximum Gasteiger partial charge on any atom is 0.276 e. The average molecular weight is 650 g/mol. The minimum atomic E-state index is -0.0916. The third kappa shape index (κ3) is 7.47. The van der Waals surface area contributed by atoms with E-state index >= 15 is 0 Å². The Kier molecular flexibility index (Phi) is 10.6. The Hall–Kier alpha value is -5.15. The Balaban J connectivity index is 0.000000189. The summed E-state index contributed by atoms with van der Waals surface area (Å²) >= 11 is 5.88. The summed E-state index contributed by atoms with van der Waals surface area (Å²) in [5.41, 5.74) is 6.55. The molecule has 0 saturated carbocycles. The van der Waals surface area contributed by atoms with Crippen LogP contribution in [0.15, 0.2) is 107 Å². The van der Waals surface area contributed by atoms with Gasteiger partial charge < -0.3 is 4.90 Å². The highest BCUT2D eigenvalue weighted by Crippen LogP contribution is 2.26. The Labute approximate surface area is 279 Å². The number of nitrogens with one attached hydrogen (secondary N) is 2. The first-order valence-electron chi connectivity index (χ1n) is 15.8. The van der Waals surface area contributed by atoms with Gasteiger partial charge in [-0.15, -0.1) is 0 Å². The molecule has 0 saturated heterocycles. The van der Waals surface area contributed by atoms with E-state index in [4.69, 9.17) is 11.6 Å². The van der Waals surface area contributed by atoms with Gasteiger partial charge in [0.2, 0.25) is 0 Å². The molecular formula is C37H40ClN7O2. The molecule has 0 aliphatic heterocycles. The number of aromatic nitrogens is 6. The van der Waals surface area contributed by atoms with Gasteiger partial charge in [0, 0.05) is 59.8 Å². The van der Waals surface area contributed by atoms with E-state index in [1.807, 2.05) is 62.4 Å². The molecule has 47 heavy (non-hydrogen) atoms. The molecule has 9 nitrogen and oxygen atoms in total. The third-order valence-corrected chi connectivity index (χ3v) is 8.51. The fourth-order valence-corrected chi connectivity index (χ4v) is 5.88. The van der Waals surface area contributed by atoms with E-state index in [-0.39, 0.29) is 17.0 Å². The zero-order valence-corrected chi connectivity index (χ0v) is 28.1. The average Bonchev–Trinajstić information content (AvgIpc) is 3.55. The Morgan fingerprint density at radius 3 is 2.04 bits per heavy atom. The highest BCUT2D eigenvalue weighted by atomic mass is 35.5. The quantitative estimate of drug-likeness (QED) is 0.165. The molecule has 4 aromatic heterocycles. The highest BCUT2D eigenvalue weighted by Gasteiger charge is 2.20. The highest BCUT2D eigenvalue weighted by molar-refractivity contribution is 6.29. The maximum absolute atomic E-state index is 13.0. The van der Waals surface area contributed by atoms with Gasteiger partial charge in [0.25, 0.3) is 11.1 Å². The van der Waals surface area contributed by atoms with E-state index in [9.17, 15) is 9.59 Å². The number of H-pyrrole nitrogens is 2. The van der Waals surface area contributed by atoms with Crippen molar-refractivity contribution in [1.82, 2.24) is 29.5 Å². The number of hydrogen-bond donors (Lipinski definition) is 2. The molecule has 0 bridgehead atoms. The minimum absolute atomic E-state index is 0.00876. The van der Waals surface area contributed by atoms with Crippen molar-refractivity contribution >= 4 is 17.3 Å². The van der Waals surface area contributed by atoms with E-state index in [1.54, 1.807) is 24.4 Å². The lowest BCUT2D eigenvalue weighted by molar-refractivity contribution is 0.804. The summed E-state index contributed by atoms with van der Waals surface area (Å²) in [4.78, 5) is 36.3. The van der Waals surface area contributed by atoms with E-state index in [0.717, 1.165) is 46.7 Å². The standard InChI is InChI=1S/C21H26N4O.C16H14ClN3O/c1-5-24(6-2)18-12-10-17(11-13-18)15(3)20-16(4)23-25(21(20)26)19-9-7-8-14-22-19;1-11-13(10-12-6-3-2-4-7-12)16(21)20(19-11)15-9-5-8-14(17)18-15/h7-15,23H,5-6H2,1-4H3;2-9,19H,10H2,1H3. The van der Waals surface area contributed by atoms with Gasteiger partial charge in [-0.1, -0.05) is 73.1 Å². The SMILES string of the molecule is CCN(CC)c1ccc(C(C)c2c(C)[nH]n(-c3ccccn3)c2=O)cc1.Cc1[nH]n(-c2cccc(Cl)n2)c(=O)c1Cc1ccccc1. The molecule has 6 aromatic rings. The largest absolute Gasteiger partial charge is 0.372 e. The van der Waals surface area contributed by atoms with Crippen LogP contribution in [0.3, 0.4) is 0 Å². The lowest BCUT2D eigenvalue weighted by Crippen LogP contribution is -2.22. The van der Waals surface area contributed by atoms with Crippen molar-refractivity contribution in [2.45, 2.75) is 47.0 Å². The van der Waals surface area contributed by atoms with Crippen molar-refractivity contribution in [3.8, 4) is 11.6 Å². The molecule has 1 atom stereocenters. The first kappa shape index (κ1) is 33.2. The van der Waals surface area contributed by atoms with Crippen LogP contribution in [0.2, 0.25) is 5.15 Å². The van der Waals surface area contributed by atoms with Gasteiger partial charge in [0.1, 0.15) is 5.15 Å². The lowest BCUT2D eigenvalue weighted by Gasteiger charge is -2.21. The number of halogens is 1. The van der Waals surface area contributed by atoms with E-state index < -0.39 is 0 Å². The molecule has 242 valence electrons. The summed E-state index contributed by atoms with van der Waals surface area (Å²) in [6, 6.07) is 29.2. The number of benzene rings is 2. The van der Waals surface area contributed by atoms with Crippen molar-refractivity contribution in [2.75, 3.05) is 18.0 Å². The van der Waals surface area contributed by atoms with Gasteiger partial charge in [-0.3, -0.25) is 19.8 Å². The molecular weight excluding hydrogens is 610 g/mol. The second-order valence-electron chi connectivity index (χ2n) is 11.3. The molecule has 4 heterocycles. The van der Waals surface area contributed by atoms with Gasteiger partial charge >= 0.3 is 0 Å². The van der Waals surface area contributed by atoms with E-state index in [1.165, 1.54) is 15.1 Å². The first-order valence-corrected chi connectivity index (χ1v) is 16.1. The van der Waals surface area contributed by atoms with Crippen molar-refractivity contribution in [3.05, 3.63) is 157 Å². The van der Waals surface area contributed by atoms with Crippen LogP contribution < -0.4 is 16.0 Å². The van der Waals surface area contributed by atoms with E-state index in [2.05, 4.69) is 70.1 Å². The molecule has 6 rings (SSSR count). The summed E-state index contributed by atoms with van der Waals surface area (Å²) in [7, 11) is 0. The van der Waals surface area contributed by atoms with Crippen LogP contribution >= 0.6 is 11.6 Å². The second kappa shape index (κ2) is 15.0. The third-order valence-electron chi connectivity index (χ3n) is 8.30. The zero-order valence-electron chi connectivity index (χ0n) is 27.4. The summed E-state index contributed by atoms with van der Waals surface area (Å²) in [6.07, 6.45) is 2.28. The number of pyridine rings is 2. The molecule has 2 N–H and O–H groups in total. The Morgan fingerprint density at radius 1 is 0.766 bits per heavy atom. The van der Waals surface area contributed by atoms with Crippen molar-refractivity contribution in [1.29, 1.82) is 0 Å². The summed E-state index contributed by atoms with van der Waals surface area (Å²) in [5.74, 6) is 1.11. The van der Waals surface area contributed by atoms with Crippen molar-refractivity contribution < 1.29 is 0 Å². The van der Waals surface area contributed by atoms with Crippen molar-refractivity contribution in [2.24, 2.45) is 0 Å². The topological polar surface area (TPSA) is 105 Å². The fraction of sp³-hybridized carbons (Fsp3) is 0.243. The number of anilines is 1. The minimum Gasteiger partial charge on any atom is -0.372 e. The Morgan fingerprint density at radius 2 is 1.40 bits per heavy atom. The van der Waals surface area contributed by atoms with Gasteiger partial charge in [0.05, 0.1) is 0 Å². The summed E-state index contributed by atoms with van der Waals surface area (Å²) in [5, 5.41) is 6.58. The molecule has 0 radical (unpaired) electrons. The monoisotopic (exact) mass is 649 g/mol. The molecule has 2 aromatic carbocycles. The fourth-order valence-electron chi connectivity index (χ4n) is 5.72. The van der Waals surface area contributed by atoms with Gasteiger partial charge in [-0.2, -0.15) is 0 Å². The van der Waals surface area contributed by atoms with Crippen LogP contribution in [0.1, 0.15) is 60.3 Å². The van der Waals surface area contributed by atoms with Crippen LogP contribution in [-0.4, -0.2) is 42.6 Å². The molecule has 10 heteroatoms. The molecule has 1 unspecified atom stereocenters. The predicted octanol–water partition coefficient (Wildman–Crippen LogP) is 6.98. The number of aromatic amines is 2. The lowest BCUT2D eigenvalue weighted by atomic mass is 9.93. The zero-order chi connectivity index (χ0) is 33.5. The normalized spacial score (nSPS) is 11.5. The van der Waals surface area contributed by atoms with Crippen LogP contribution in [0.5, 0.6) is 0 Å². The van der Waals surface area contributed by atoms with Crippen LogP contribution in [0.4, 0.5) is 5.69 Å². The summed E-state index contributed by atoms with van der Waals surface area (Å²) < 4.78 is 2.95. The first-order chi connectivity index (χ1) is 22.7. The van der Waals surface area contributed by atoms with Gasteiger partial charge in [-0.25, -0.2) is 19.3 Å². The van der Waals surface area contributed by atoms with E-state index in [0.29, 0.717) is 23.2 Å². The van der Waals surface area contributed by atoms with Gasteiger partial charge in [0.15, 0.2) is 11.6 Å². The smallest absolute Gasteiger partial charge is 0.276 e. The molecule has 0 aliphatic carbocycles. The molecule has 0 fully saturated rings. The van der Waals surface area contributed by atoms with Crippen molar-refractivity contribution in [3.63, 3.8) is 0 Å². The number of aryl methyl sites for hydroxylation is 2. The number of hydrogen-bond acceptors (Lipinski definition) is 5. The van der Waals surface area contributed by atoms with Crippen LogP contribution in [0, 0.1) is 13.8 Å². The number of rotatable bonds is 9. The van der Waals surface area contributed by atoms with Gasteiger partial charge in [-0.05, 0) is 75.2 Å². The van der Waals surface area contributed by atoms with Crippen LogP contribution in [-0.2, 0) is 6.42 Å². The predicted molar refractivity (Wildman–Crippen MR) is 190 cm³/mol.